The average molecular weight is 258 g/mol. The van der Waals surface area contributed by atoms with Crippen molar-refractivity contribution in [1.29, 1.82) is 0 Å². The van der Waals surface area contributed by atoms with Crippen molar-refractivity contribution >= 4 is 17.3 Å². The molecule has 0 aliphatic rings. The van der Waals surface area contributed by atoms with Gasteiger partial charge in [-0.1, -0.05) is 11.6 Å². The van der Waals surface area contributed by atoms with E-state index in [4.69, 9.17) is 11.6 Å². The number of anilines is 1. The van der Waals surface area contributed by atoms with Crippen LogP contribution in [-0.2, 0) is 4.74 Å². The van der Waals surface area contributed by atoms with Gasteiger partial charge in [0, 0.05) is 17.3 Å². The Labute approximate surface area is 94.2 Å². The van der Waals surface area contributed by atoms with Crippen molar-refractivity contribution in [2.24, 2.45) is 0 Å². The lowest BCUT2D eigenvalue weighted by atomic mass is 10.3. The Morgan fingerprint density at radius 3 is 2.50 bits per heavy atom. The summed E-state index contributed by atoms with van der Waals surface area (Å²) >= 11 is 5.54. The molecular weight excluding hydrogens is 250 g/mol. The van der Waals surface area contributed by atoms with E-state index in [2.05, 4.69) is 10.1 Å². The molecule has 0 unspecified atom stereocenters. The van der Waals surface area contributed by atoms with E-state index in [0.717, 1.165) is 12.1 Å². The zero-order valence-corrected chi connectivity index (χ0v) is 8.70. The predicted octanol–water partition coefficient (Wildman–Crippen LogP) is 3.43. The Morgan fingerprint density at radius 1 is 1.25 bits per heavy atom. The van der Waals surface area contributed by atoms with Crippen LogP contribution in [0.25, 0.3) is 0 Å². The van der Waals surface area contributed by atoms with Gasteiger partial charge in [-0.25, -0.2) is 4.39 Å². The molecule has 7 heteroatoms. The molecule has 0 spiro atoms. The number of halogens is 5. The van der Waals surface area contributed by atoms with Crippen molar-refractivity contribution in [3.05, 3.63) is 29.0 Å². The molecule has 1 rings (SSSR count). The smallest absolute Gasteiger partial charge is 0.383 e. The van der Waals surface area contributed by atoms with Gasteiger partial charge in [0.05, 0.1) is 6.61 Å². The number of nitrogens with one attached hydrogen (secondary N) is 1. The van der Waals surface area contributed by atoms with Crippen LogP contribution < -0.4 is 5.32 Å². The molecule has 0 saturated heterocycles. The zero-order valence-electron chi connectivity index (χ0n) is 7.94. The maximum Gasteiger partial charge on any atom is 0.522 e. The highest BCUT2D eigenvalue weighted by Gasteiger charge is 2.28. The minimum atomic E-state index is -4.65. The summed E-state index contributed by atoms with van der Waals surface area (Å²) in [6, 6.07) is 3.62. The normalized spacial score (nSPS) is 11.6. The third-order valence-corrected chi connectivity index (χ3v) is 1.78. The molecule has 0 heterocycles. The van der Waals surface area contributed by atoms with Crippen LogP contribution in [-0.4, -0.2) is 19.5 Å². The average Bonchev–Trinajstić information content (AvgIpc) is 2.09. The first kappa shape index (κ1) is 13.1. The van der Waals surface area contributed by atoms with Crippen molar-refractivity contribution in [3.8, 4) is 0 Å². The molecule has 1 N–H and O–H groups in total. The van der Waals surface area contributed by atoms with Gasteiger partial charge in [0.1, 0.15) is 5.82 Å². The van der Waals surface area contributed by atoms with Gasteiger partial charge >= 0.3 is 6.36 Å². The maximum atomic E-state index is 12.8. The summed E-state index contributed by atoms with van der Waals surface area (Å²) in [4.78, 5) is 0. The molecule has 0 bridgehead atoms. The molecule has 1 aromatic rings. The zero-order chi connectivity index (χ0) is 12.2. The molecule has 0 saturated carbocycles. The fourth-order valence-corrected chi connectivity index (χ4v) is 1.24. The summed E-state index contributed by atoms with van der Waals surface area (Å²) in [5, 5.41) is 2.72. The third-order valence-electron chi connectivity index (χ3n) is 1.56. The highest BCUT2D eigenvalue weighted by atomic mass is 35.5. The molecule has 90 valence electrons. The van der Waals surface area contributed by atoms with Crippen LogP contribution in [0.3, 0.4) is 0 Å². The van der Waals surface area contributed by atoms with Crippen molar-refractivity contribution in [3.63, 3.8) is 0 Å². The molecule has 0 aliphatic carbocycles. The van der Waals surface area contributed by atoms with E-state index in [1.807, 2.05) is 0 Å². The van der Waals surface area contributed by atoms with Crippen LogP contribution >= 0.6 is 11.6 Å². The van der Waals surface area contributed by atoms with E-state index in [0.29, 0.717) is 5.69 Å². The topological polar surface area (TPSA) is 21.3 Å². The number of rotatable bonds is 4. The van der Waals surface area contributed by atoms with E-state index in [1.54, 1.807) is 0 Å². The predicted molar refractivity (Wildman–Crippen MR) is 51.9 cm³/mol. The number of hydrogen-bond acceptors (Lipinski definition) is 2. The molecule has 2 nitrogen and oxygen atoms in total. The van der Waals surface area contributed by atoms with E-state index in [1.165, 1.54) is 6.07 Å². The number of hydrogen-bond donors (Lipinski definition) is 1. The van der Waals surface area contributed by atoms with Crippen LogP contribution in [0.5, 0.6) is 0 Å². The van der Waals surface area contributed by atoms with Crippen molar-refractivity contribution in [2.45, 2.75) is 6.36 Å². The summed E-state index contributed by atoms with van der Waals surface area (Å²) in [5.74, 6) is -0.563. The van der Waals surface area contributed by atoms with Crippen LogP contribution in [0.1, 0.15) is 0 Å². The van der Waals surface area contributed by atoms with E-state index < -0.39 is 18.8 Å². The maximum absolute atomic E-state index is 12.8. The van der Waals surface area contributed by atoms with E-state index in [9.17, 15) is 17.6 Å². The highest BCUT2D eigenvalue weighted by molar-refractivity contribution is 6.30. The number of alkyl halides is 3. The van der Waals surface area contributed by atoms with Gasteiger partial charge in [-0.3, -0.25) is 4.74 Å². The molecule has 1 aromatic carbocycles. The van der Waals surface area contributed by atoms with E-state index >= 15 is 0 Å². The summed E-state index contributed by atoms with van der Waals surface area (Å²) in [6.07, 6.45) is -4.65. The Hall–Kier alpha value is -1.01. The number of benzene rings is 1. The lowest BCUT2D eigenvalue weighted by Crippen LogP contribution is -2.19. The van der Waals surface area contributed by atoms with Gasteiger partial charge in [0.15, 0.2) is 0 Å². The van der Waals surface area contributed by atoms with Crippen molar-refractivity contribution in [1.82, 2.24) is 0 Å². The largest absolute Gasteiger partial charge is 0.522 e. The summed E-state index contributed by atoms with van der Waals surface area (Å²) in [6.45, 7) is -0.656. The molecule has 0 fully saturated rings. The Morgan fingerprint density at radius 2 is 1.94 bits per heavy atom. The SMILES string of the molecule is Fc1cc(Cl)cc(NCCOC(F)(F)F)c1. The molecular formula is C9H8ClF4NO. The van der Waals surface area contributed by atoms with Gasteiger partial charge < -0.3 is 5.32 Å². The van der Waals surface area contributed by atoms with Crippen LogP contribution in [0.2, 0.25) is 5.02 Å². The second kappa shape index (κ2) is 5.36. The summed E-state index contributed by atoms with van der Waals surface area (Å²) in [7, 11) is 0. The quantitative estimate of drug-likeness (QED) is 0.659. The van der Waals surface area contributed by atoms with Gasteiger partial charge in [-0.2, -0.15) is 0 Å². The van der Waals surface area contributed by atoms with Gasteiger partial charge in [0.2, 0.25) is 0 Å². The van der Waals surface area contributed by atoms with Gasteiger partial charge in [0.25, 0.3) is 0 Å². The van der Waals surface area contributed by atoms with Crippen molar-refractivity contribution < 1.29 is 22.3 Å². The number of ether oxygens (including phenoxy) is 1. The lowest BCUT2D eigenvalue weighted by molar-refractivity contribution is -0.322. The summed E-state index contributed by atoms with van der Waals surface area (Å²) in [5.41, 5.74) is 0.302. The highest BCUT2D eigenvalue weighted by Crippen LogP contribution is 2.18. The molecule has 16 heavy (non-hydrogen) atoms. The fourth-order valence-electron chi connectivity index (χ4n) is 1.02. The van der Waals surface area contributed by atoms with Crippen LogP contribution in [0.15, 0.2) is 18.2 Å². The standard InChI is InChI=1S/C9H8ClF4NO/c10-6-3-7(11)5-8(4-6)15-1-2-16-9(12,13)14/h3-5,15H,1-2H2. The second-order valence-corrected chi connectivity index (χ2v) is 3.32. The van der Waals surface area contributed by atoms with Gasteiger partial charge in [-0.15, -0.1) is 13.2 Å². The monoisotopic (exact) mass is 257 g/mol. The van der Waals surface area contributed by atoms with Gasteiger partial charge in [-0.05, 0) is 18.2 Å². The lowest BCUT2D eigenvalue weighted by Gasteiger charge is -2.09. The first-order chi connectivity index (χ1) is 7.37. The second-order valence-electron chi connectivity index (χ2n) is 2.88. The summed E-state index contributed by atoms with van der Waals surface area (Å²) < 4.78 is 51.0. The minimum absolute atomic E-state index is 0.0979. The minimum Gasteiger partial charge on any atom is -0.383 e. The molecule has 0 aromatic heterocycles. The van der Waals surface area contributed by atoms with E-state index in [-0.39, 0.29) is 11.6 Å². The van der Waals surface area contributed by atoms with Crippen LogP contribution in [0.4, 0.5) is 23.2 Å². The Kier molecular flexibility index (Phi) is 4.37. The van der Waals surface area contributed by atoms with Crippen LogP contribution in [0, 0.1) is 5.82 Å². The Bertz CT molecular complexity index is 336. The fraction of sp³-hybridized carbons (Fsp3) is 0.333. The third kappa shape index (κ3) is 5.18. The molecule has 0 aliphatic heterocycles. The Balaban J connectivity index is 2.37. The molecule has 0 radical (unpaired) electrons. The molecule has 0 amide bonds. The first-order valence-corrected chi connectivity index (χ1v) is 4.65. The molecule has 0 atom stereocenters. The van der Waals surface area contributed by atoms with Crippen molar-refractivity contribution in [2.75, 3.05) is 18.5 Å². The first-order valence-electron chi connectivity index (χ1n) is 4.27.